The van der Waals surface area contributed by atoms with Crippen molar-refractivity contribution in [3.63, 3.8) is 0 Å². The number of halogens is 2. The van der Waals surface area contributed by atoms with Gasteiger partial charge in [-0.15, -0.1) is 0 Å². The van der Waals surface area contributed by atoms with E-state index in [-0.39, 0.29) is 18.4 Å². The van der Waals surface area contributed by atoms with Gasteiger partial charge in [0.25, 0.3) is 5.91 Å². The topological polar surface area (TPSA) is 55.4 Å². The Hall–Kier alpha value is -0.820. The van der Waals surface area contributed by atoms with Crippen molar-refractivity contribution >= 4 is 46.1 Å². The first-order chi connectivity index (χ1) is 8.45. The second kappa shape index (κ2) is 6.94. The molecule has 18 heavy (non-hydrogen) atoms. The molecule has 6 heteroatoms. The van der Waals surface area contributed by atoms with Crippen LogP contribution in [0.15, 0.2) is 18.2 Å². The number of hydrogen-bond acceptors (Lipinski definition) is 3. The maximum absolute atomic E-state index is 11.8. The van der Waals surface area contributed by atoms with E-state index in [1.165, 1.54) is 7.11 Å². The number of carbonyl (C=O) groups is 2. The van der Waals surface area contributed by atoms with Crippen molar-refractivity contribution in [1.82, 2.24) is 5.32 Å². The van der Waals surface area contributed by atoms with Crippen molar-refractivity contribution in [1.29, 1.82) is 0 Å². The molecule has 0 fully saturated rings. The fraction of sp³-hybridized carbons (Fsp3) is 0.333. The van der Waals surface area contributed by atoms with Gasteiger partial charge in [-0.05, 0) is 30.7 Å². The minimum atomic E-state index is -0.398. The summed E-state index contributed by atoms with van der Waals surface area (Å²) in [4.78, 5) is 23.0. The largest absolute Gasteiger partial charge is 0.468 e. The van der Waals surface area contributed by atoms with Gasteiger partial charge in [-0.3, -0.25) is 9.59 Å². The molecule has 1 rings (SSSR count). The van der Waals surface area contributed by atoms with Crippen molar-refractivity contribution < 1.29 is 14.3 Å². The van der Waals surface area contributed by atoms with Crippen LogP contribution in [0.2, 0.25) is 5.02 Å². The molecule has 0 saturated heterocycles. The predicted octanol–water partition coefficient (Wildman–Crippen LogP) is 2.35. The zero-order valence-electron chi connectivity index (χ0n) is 10.00. The van der Waals surface area contributed by atoms with Gasteiger partial charge in [0, 0.05) is 17.1 Å². The molecule has 0 bridgehead atoms. The van der Waals surface area contributed by atoms with Crippen molar-refractivity contribution in [3.8, 4) is 0 Å². The maximum Gasteiger partial charge on any atom is 0.320 e. The standard InChI is InChI=1S/C12H13ClINO3/c1-7-5-8(3-4-9(7)13)11(16)15-6-10(14)12(17)18-2/h3-5,10H,6H2,1-2H3,(H,15,16). The van der Waals surface area contributed by atoms with Gasteiger partial charge in [-0.25, -0.2) is 0 Å². The SMILES string of the molecule is COC(=O)C(I)CNC(=O)c1ccc(Cl)c(C)c1. The van der Waals surface area contributed by atoms with Gasteiger partial charge in [-0.2, -0.15) is 0 Å². The first-order valence-corrected chi connectivity index (χ1v) is 6.84. The second-order valence-corrected chi connectivity index (χ2v) is 5.58. The molecule has 0 aliphatic heterocycles. The summed E-state index contributed by atoms with van der Waals surface area (Å²) >= 11 is 7.80. The quantitative estimate of drug-likeness (QED) is 0.495. The molecule has 4 nitrogen and oxygen atoms in total. The van der Waals surface area contributed by atoms with Gasteiger partial charge in [0.15, 0.2) is 0 Å². The number of ether oxygens (including phenoxy) is 1. The number of rotatable bonds is 4. The third-order valence-electron chi connectivity index (χ3n) is 2.32. The molecule has 1 aromatic rings. The lowest BCUT2D eigenvalue weighted by atomic mass is 10.1. The van der Waals surface area contributed by atoms with Crippen LogP contribution in [-0.4, -0.2) is 29.5 Å². The summed E-state index contributed by atoms with van der Waals surface area (Å²) in [7, 11) is 1.32. The van der Waals surface area contributed by atoms with E-state index in [0.29, 0.717) is 10.6 Å². The summed E-state index contributed by atoms with van der Waals surface area (Å²) in [6.45, 7) is 2.06. The Morgan fingerprint density at radius 2 is 2.17 bits per heavy atom. The molecule has 0 aliphatic carbocycles. The van der Waals surface area contributed by atoms with E-state index in [1.807, 2.05) is 29.5 Å². The average molecular weight is 382 g/mol. The summed E-state index contributed by atoms with van der Waals surface area (Å²) in [5.74, 6) is -0.594. The van der Waals surface area contributed by atoms with E-state index in [0.717, 1.165) is 5.56 Å². The molecule has 1 unspecified atom stereocenters. The van der Waals surface area contributed by atoms with E-state index in [2.05, 4.69) is 10.1 Å². The minimum absolute atomic E-state index is 0.230. The predicted molar refractivity (Wildman–Crippen MR) is 78.3 cm³/mol. The molecule has 0 spiro atoms. The van der Waals surface area contributed by atoms with Gasteiger partial charge in [-0.1, -0.05) is 34.2 Å². The normalized spacial score (nSPS) is 11.8. The first kappa shape index (κ1) is 15.2. The molecule has 0 aliphatic rings. The molecule has 1 amide bonds. The highest BCUT2D eigenvalue weighted by atomic mass is 127. The fourth-order valence-electron chi connectivity index (χ4n) is 1.28. The molecular formula is C12H13ClINO3. The molecule has 1 N–H and O–H groups in total. The molecule has 1 atom stereocenters. The van der Waals surface area contributed by atoms with E-state index in [9.17, 15) is 9.59 Å². The van der Waals surface area contributed by atoms with E-state index >= 15 is 0 Å². The molecule has 0 aromatic heterocycles. The van der Waals surface area contributed by atoms with Gasteiger partial charge in [0.2, 0.25) is 0 Å². The maximum atomic E-state index is 11.8. The van der Waals surface area contributed by atoms with Crippen LogP contribution in [0.4, 0.5) is 0 Å². The van der Waals surface area contributed by atoms with Crippen LogP contribution in [0.1, 0.15) is 15.9 Å². The summed E-state index contributed by atoms with van der Waals surface area (Å²) in [6.07, 6.45) is 0. The van der Waals surface area contributed by atoms with Gasteiger partial charge >= 0.3 is 5.97 Å². The lowest BCUT2D eigenvalue weighted by Crippen LogP contribution is -2.33. The lowest BCUT2D eigenvalue weighted by Gasteiger charge is -2.10. The summed E-state index contributed by atoms with van der Waals surface area (Å²) in [6, 6.07) is 5.02. The highest BCUT2D eigenvalue weighted by molar-refractivity contribution is 14.1. The molecule has 0 saturated carbocycles. The minimum Gasteiger partial charge on any atom is -0.468 e. The van der Waals surface area contributed by atoms with Crippen molar-refractivity contribution in [2.75, 3.05) is 13.7 Å². The Kier molecular flexibility index (Phi) is 5.87. The van der Waals surface area contributed by atoms with Crippen LogP contribution in [0, 0.1) is 6.92 Å². The second-order valence-electron chi connectivity index (χ2n) is 3.66. The number of esters is 1. The summed E-state index contributed by atoms with van der Waals surface area (Å²) in [5, 5.41) is 3.29. The van der Waals surface area contributed by atoms with Gasteiger partial charge in [0.05, 0.1) is 7.11 Å². The van der Waals surface area contributed by atoms with Crippen molar-refractivity contribution in [3.05, 3.63) is 34.3 Å². The van der Waals surface area contributed by atoms with Crippen LogP contribution in [-0.2, 0) is 9.53 Å². The average Bonchev–Trinajstić information content (AvgIpc) is 2.37. The summed E-state index contributed by atoms with van der Waals surface area (Å²) < 4.78 is 4.17. The molecule has 0 radical (unpaired) electrons. The number of benzene rings is 1. The summed E-state index contributed by atoms with van der Waals surface area (Å²) in [5.41, 5.74) is 1.36. The number of nitrogens with one attached hydrogen (secondary N) is 1. The lowest BCUT2D eigenvalue weighted by molar-refractivity contribution is -0.139. The highest BCUT2D eigenvalue weighted by Crippen LogP contribution is 2.16. The number of methoxy groups -OCH3 is 1. The molecule has 1 aromatic carbocycles. The Balaban J connectivity index is 2.60. The first-order valence-electron chi connectivity index (χ1n) is 5.22. The Bertz CT molecular complexity index is 465. The Morgan fingerprint density at radius 3 is 2.72 bits per heavy atom. The zero-order chi connectivity index (χ0) is 13.7. The Labute approximate surface area is 124 Å². The van der Waals surface area contributed by atoms with Crippen molar-refractivity contribution in [2.45, 2.75) is 10.8 Å². The number of amides is 1. The molecule has 0 heterocycles. The van der Waals surface area contributed by atoms with Crippen LogP contribution in [0.3, 0.4) is 0 Å². The zero-order valence-corrected chi connectivity index (χ0v) is 12.9. The van der Waals surface area contributed by atoms with Crippen LogP contribution >= 0.6 is 34.2 Å². The smallest absolute Gasteiger partial charge is 0.320 e. The number of aryl methyl sites for hydroxylation is 1. The van der Waals surface area contributed by atoms with Crippen LogP contribution < -0.4 is 5.32 Å². The van der Waals surface area contributed by atoms with Gasteiger partial charge in [0.1, 0.15) is 3.92 Å². The van der Waals surface area contributed by atoms with Crippen LogP contribution in [0.25, 0.3) is 0 Å². The Morgan fingerprint density at radius 1 is 1.50 bits per heavy atom. The van der Waals surface area contributed by atoms with E-state index in [4.69, 9.17) is 11.6 Å². The van der Waals surface area contributed by atoms with Gasteiger partial charge < -0.3 is 10.1 Å². The third-order valence-corrected chi connectivity index (χ3v) is 3.69. The number of alkyl halides is 1. The number of hydrogen-bond donors (Lipinski definition) is 1. The number of carbonyl (C=O) groups excluding carboxylic acids is 2. The molecule has 98 valence electrons. The van der Waals surface area contributed by atoms with Crippen molar-refractivity contribution in [2.24, 2.45) is 0 Å². The van der Waals surface area contributed by atoms with Crippen LogP contribution in [0.5, 0.6) is 0 Å². The fourth-order valence-corrected chi connectivity index (χ4v) is 1.87. The monoisotopic (exact) mass is 381 g/mol. The molecular weight excluding hydrogens is 368 g/mol. The highest BCUT2D eigenvalue weighted by Gasteiger charge is 2.16. The third kappa shape index (κ3) is 4.13. The van der Waals surface area contributed by atoms with E-state index in [1.54, 1.807) is 18.2 Å². The van der Waals surface area contributed by atoms with E-state index < -0.39 is 3.92 Å².